The van der Waals surface area contributed by atoms with Gasteiger partial charge in [0.2, 0.25) is 0 Å². The van der Waals surface area contributed by atoms with Crippen LogP contribution in [0.5, 0.6) is 0 Å². The highest BCUT2D eigenvalue weighted by molar-refractivity contribution is 7.80. The van der Waals surface area contributed by atoms with Crippen LogP contribution in [0.2, 0.25) is 0 Å². The van der Waals surface area contributed by atoms with E-state index in [2.05, 4.69) is 19.6 Å². The van der Waals surface area contributed by atoms with Gasteiger partial charge in [0.1, 0.15) is 0 Å². The minimum absolute atomic E-state index is 0.749. The van der Waals surface area contributed by atoms with Crippen molar-refractivity contribution in [2.75, 3.05) is 11.5 Å². The van der Waals surface area contributed by atoms with Crippen molar-refractivity contribution in [2.45, 2.75) is 11.8 Å². The average molecular weight is 232 g/mol. The predicted octanol–water partition coefficient (Wildman–Crippen LogP) is 3.13. The SMILES string of the molecule is Cc1ccc(S)cc1.Nc1ccc(N)cc1. The molecule has 84 valence electrons. The van der Waals surface area contributed by atoms with E-state index in [1.54, 1.807) is 24.3 Å². The van der Waals surface area contributed by atoms with Gasteiger partial charge in [0, 0.05) is 16.3 Å². The molecule has 0 aliphatic heterocycles. The Morgan fingerprint density at radius 1 is 0.750 bits per heavy atom. The quantitative estimate of drug-likeness (QED) is 0.483. The number of nitrogens with two attached hydrogens (primary N) is 2. The van der Waals surface area contributed by atoms with Gasteiger partial charge in [-0.3, -0.25) is 0 Å². The van der Waals surface area contributed by atoms with Crippen molar-refractivity contribution < 1.29 is 0 Å². The van der Waals surface area contributed by atoms with Crippen LogP contribution in [0.3, 0.4) is 0 Å². The number of anilines is 2. The van der Waals surface area contributed by atoms with Crippen molar-refractivity contribution in [1.82, 2.24) is 0 Å². The third-order valence-electron chi connectivity index (χ3n) is 1.97. The first-order valence-electron chi connectivity index (χ1n) is 4.94. The lowest BCUT2D eigenvalue weighted by molar-refractivity contribution is 1.39. The van der Waals surface area contributed by atoms with Crippen LogP contribution in [0.25, 0.3) is 0 Å². The average Bonchev–Trinajstić information content (AvgIpc) is 2.28. The summed E-state index contributed by atoms with van der Waals surface area (Å²) in [6.45, 7) is 2.06. The molecule has 0 saturated heterocycles. The predicted molar refractivity (Wildman–Crippen MR) is 73.7 cm³/mol. The highest BCUT2D eigenvalue weighted by Gasteiger charge is 1.81. The Balaban J connectivity index is 0.000000160. The zero-order valence-electron chi connectivity index (χ0n) is 9.22. The first-order chi connectivity index (χ1) is 7.58. The Kier molecular flexibility index (Phi) is 4.73. The van der Waals surface area contributed by atoms with E-state index < -0.39 is 0 Å². The van der Waals surface area contributed by atoms with Crippen LogP contribution in [0.15, 0.2) is 53.4 Å². The molecule has 2 rings (SSSR count). The molecule has 2 nitrogen and oxygen atoms in total. The van der Waals surface area contributed by atoms with Gasteiger partial charge in [0.25, 0.3) is 0 Å². The van der Waals surface area contributed by atoms with E-state index in [0.717, 1.165) is 16.3 Å². The molecule has 2 aromatic rings. The first-order valence-corrected chi connectivity index (χ1v) is 5.39. The summed E-state index contributed by atoms with van der Waals surface area (Å²) in [6, 6.07) is 15.1. The van der Waals surface area contributed by atoms with Crippen LogP contribution in [0.1, 0.15) is 5.56 Å². The summed E-state index contributed by atoms with van der Waals surface area (Å²) < 4.78 is 0. The Morgan fingerprint density at radius 3 is 1.44 bits per heavy atom. The second-order valence-electron chi connectivity index (χ2n) is 3.50. The summed E-state index contributed by atoms with van der Waals surface area (Å²) in [6.07, 6.45) is 0. The van der Waals surface area contributed by atoms with Crippen LogP contribution in [-0.4, -0.2) is 0 Å². The number of nitrogen functional groups attached to an aromatic ring is 2. The van der Waals surface area contributed by atoms with Crippen LogP contribution < -0.4 is 11.5 Å². The highest BCUT2D eigenvalue weighted by atomic mass is 32.1. The monoisotopic (exact) mass is 232 g/mol. The van der Waals surface area contributed by atoms with Crippen LogP contribution in [0.4, 0.5) is 11.4 Å². The summed E-state index contributed by atoms with van der Waals surface area (Å²) in [5.74, 6) is 0. The van der Waals surface area contributed by atoms with E-state index in [4.69, 9.17) is 11.5 Å². The molecule has 0 unspecified atom stereocenters. The summed E-state index contributed by atoms with van der Waals surface area (Å²) in [7, 11) is 0. The van der Waals surface area contributed by atoms with Crippen LogP contribution >= 0.6 is 12.6 Å². The maximum atomic E-state index is 5.37. The molecule has 0 spiro atoms. The second kappa shape index (κ2) is 6.08. The third kappa shape index (κ3) is 4.75. The molecule has 0 saturated carbocycles. The van der Waals surface area contributed by atoms with Gasteiger partial charge < -0.3 is 11.5 Å². The molecular formula is C13H16N2S. The highest BCUT2D eigenvalue weighted by Crippen LogP contribution is 2.05. The van der Waals surface area contributed by atoms with Gasteiger partial charge in [0.15, 0.2) is 0 Å². The number of hydrogen-bond donors (Lipinski definition) is 3. The molecule has 0 aliphatic carbocycles. The van der Waals surface area contributed by atoms with Crippen molar-refractivity contribution in [1.29, 1.82) is 0 Å². The zero-order valence-corrected chi connectivity index (χ0v) is 10.1. The summed E-state index contributed by atoms with van der Waals surface area (Å²) >= 11 is 4.13. The molecule has 0 aliphatic rings. The zero-order chi connectivity index (χ0) is 12.0. The fraction of sp³-hybridized carbons (Fsp3) is 0.0769. The fourth-order valence-corrected chi connectivity index (χ4v) is 1.19. The van der Waals surface area contributed by atoms with Gasteiger partial charge >= 0.3 is 0 Å². The molecule has 0 heterocycles. The number of hydrogen-bond acceptors (Lipinski definition) is 3. The maximum Gasteiger partial charge on any atom is 0.0315 e. The molecule has 0 bridgehead atoms. The molecular weight excluding hydrogens is 216 g/mol. The lowest BCUT2D eigenvalue weighted by Gasteiger charge is -1.90. The van der Waals surface area contributed by atoms with Crippen molar-refractivity contribution in [3.63, 3.8) is 0 Å². The first kappa shape index (κ1) is 12.5. The Morgan fingerprint density at radius 2 is 1.12 bits per heavy atom. The standard InChI is InChI=1S/C7H8S.C6H8N2/c1-6-2-4-7(8)5-3-6;7-5-1-2-6(8)4-3-5/h2-5,8H,1H3;1-4H,7-8H2. The van der Waals surface area contributed by atoms with E-state index in [1.165, 1.54) is 5.56 Å². The van der Waals surface area contributed by atoms with Gasteiger partial charge in [-0.15, -0.1) is 12.6 Å². The molecule has 0 aromatic heterocycles. The normalized spacial score (nSPS) is 9.12. The topological polar surface area (TPSA) is 52.0 Å². The van der Waals surface area contributed by atoms with E-state index in [1.807, 2.05) is 24.3 Å². The molecule has 0 radical (unpaired) electrons. The lowest BCUT2D eigenvalue weighted by Crippen LogP contribution is -1.86. The summed E-state index contributed by atoms with van der Waals surface area (Å²) in [5.41, 5.74) is 13.5. The largest absolute Gasteiger partial charge is 0.399 e. The molecule has 0 fully saturated rings. The van der Waals surface area contributed by atoms with Crippen molar-refractivity contribution in [2.24, 2.45) is 0 Å². The number of aryl methyl sites for hydroxylation is 1. The lowest BCUT2D eigenvalue weighted by atomic mass is 10.2. The number of rotatable bonds is 0. The van der Waals surface area contributed by atoms with Gasteiger partial charge in [-0.1, -0.05) is 17.7 Å². The molecule has 16 heavy (non-hydrogen) atoms. The minimum Gasteiger partial charge on any atom is -0.399 e. The maximum absolute atomic E-state index is 5.37. The van der Waals surface area contributed by atoms with E-state index in [0.29, 0.717) is 0 Å². The van der Waals surface area contributed by atoms with Crippen LogP contribution in [-0.2, 0) is 0 Å². The summed E-state index contributed by atoms with van der Waals surface area (Å²) in [4.78, 5) is 1.02. The Bertz CT molecular complexity index is 335. The Hall–Kier alpha value is -1.61. The number of benzene rings is 2. The van der Waals surface area contributed by atoms with Crippen molar-refractivity contribution in [3.05, 3.63) is 54.1 Å². The van der Waals surface area contributed by atoms with Crippen LogP contribution in [0, 0.1) is 6.92 Å². The van der Waals surface area contributed by atoms with Gasteiger partial charge in [-0.25, -0.2) is 0 Å². The minimum atomic E-state index is 0.749. The van der Waals surface area contributed by atoms with E-state index in [-0.39, 0.29) is 0 Å². The molecule has 0 amide bonds. The van der Waals surface area contributed by atoms with E-state index >= 15 is 0 Å². The molecule has 2 aromatic carbocycles. The Labute approximate surface area is 102 Å². The van der Waals surface area contributed by atoms with Gasteiger partial charge in [-0.2, -0.15) is 0 Å². The smallest absolute Gasteiger partial charge is 0.0315 e. The summed E-state index contributed by atoms with van der Waals surface area (Å²) in [5, 5.41) is 0. The van der Waals surface area contributed by atoms with Crippen molar-refractivity contribution in [3.8, 4) is 0 Å². The fourth-order valence-electron chi connectivity index (χ4n) is 1.04. The molecule has 0 atom stereocenters. The van der Waals surface area contributed by atoms with Crippen molar-refractivity contribution >= 4 is 24.0 Å². The van der Waals surface area contributed by atoms with Gasteiger partial charge in [-0.05, 0) is 43.3 Å². The second-order valence-corrected chi connectivity index (χ2v) is 4.02. The molecule has 4 N–H and O–H groups in total. The third-order valence-corrected chi connectivity index (χ3v) is 2.27. The van der Waals surface area contributed by atoms with E-state index in [9.17, 15) is 0 Å². The molecule has 3 heteroatoms. The van der Waals surface area contributed by atoms with Gasteiger partial charge in [0.05, 0.1) is 0 Å². The number of thiol groups is 1.